The molecule has 0 spiro atoms. The summed E-state index contributed by atoms with van der Waals surface area (Å²) >= 11 is 1.48. The summed E-state index contributed by atoms with van der Waals surface area (Å²) in [5.41, 5.74) is 6.56. The minimum absolute atomic E-state index is 0.0352. The van der Waals surface area contributed by atoms with Crippen molar-refractivity contribution in [1.82, 2.24) is 16.0 Å². The molecule has 184 valence electrons. The fourth-order valence-electron chi connectivity index (χ4n) is 2.86. The van der Waals surface area contributed by atoms with E-state index in [1.165, 1.54) is 11.8 Å². The summed E-state index contributed by atoms with van der Waals surface area (Å²) in [7, 11) is 0. The number of benzene rings is 1. The Labute approximate surface area is 198 Å². The third kappa shape index (κ3) is 9.80. The number of carboxylic acid groups (broad SMARTS) is 1. The van der Waals surface area contributed by atoms with Crippen LogP contribution in [0.2, 0.25) is 0 Å². The predicted molar refractivity (Wildman–Crippen MR) is 126 cm³/mol. The Morgan fingerprint density at radius 1 is 0.939 bits per heavy atom. The van der Waals surface area contributed by atoms with E-state index in [0.29, 0.717) is 11.3 Å². The molecule has 0 aliphatic rings. The van der Waals surface area contributed by atoms with Crippen molar-refractivity contribution in [3.8, 4) is 0 Å². The van der Waals surface area contributed by atoms with E-state index in [1.807, 2.05) is 6.26 Å². The van der Waals surface area contributed by atoms with Gasteiger partial charge in [0, 0.05) is 6.42 Å². The van der Waals surface area contributed by atoms with Crippen molar-refractivity contribution in [2.45, 2.75) is 50.9 Å². The largest absolute Gasteiger partial charge is 0.480 e. The van der Waals surface area contributed by atoms with Crippen LogP contribution in [0.15, 0.2) is 30.3 Å². The van der Waals surface area contributed by atoms with Gasteiger partial charge in [0.2, 0.25) is 17.7 Å². The average molecular weight is 483 g/mol. The van der Waals surface area contributed by atoms with E-state index in [0.717, 1.165) is 0 Å². The lowest BCUT2D eigenvalue weighted by molar-refractivity contribution is -0.142. The van der Waals surface area contributed by atoms with Crippen LogP contribution in [-0.2, 0) is 25.6 Å². The van der Waals surface area contributed by atoms with Crippen molar-refractivity contribution in [1.29, 1.82) is 0 Å². The fraction of sp³-hybridized carbons (Fsp3) is 0.545. The summed E-state index contributed by atoms with van der Waals surface area (Å²) in [6.07, 6.45) is 2.17. The minimum atomic E-state index is -1.39. The second kappa shape index (κ2) is 14.5. The Kier molecular flexibility index (Phi) is 12.5. The van der Waals surface area contributed by atoms with E-state index in [2.05, 4.69) is 16.0 Å². The van der Waals surface area contributed by atoms with Gasteiger partial charge in [-0.05, 0) is 29.9 Å². The van der Waals surface area contributed by atoms with Crippen molar-refractivity contribution in [2.24, 2.45) is 11.7 Å². The van der Waals surface area contributed by atoms with Gasteiger partial charge in [-0.1, -0.05) is 44.2 Å². The van der Waals surface area contributed by atoms with Gasteiger partial charge in [0.1, 0.15) is 18.1 Å². The highest BCUT2D eigenvalue weighted by Crippen LogP contribution is 2.06. The number of thioether (sulfide) groups is 1. The van der Waals surface area contributed by atoms with Crippen LogP contribution in [0.4, 0.5) is 0 Å². The second-order valence-corrected chi connectivity index (χ2v) is 8.93. The van der Waals surface area contributed by atoms with Crippen LogP contribution in [-0.4, -0.2) is 76.7 Å². The van der Waals surface area contributed by atoms with E-state index in [4.69, 9.17) is 5.73 Å². The lowest BCUT2D eigenvalue weighted by Crippen LogP contribution is -2.58. The monoisotopic (exact) mass is 482 g/mol. The van der Waals surface area contributed by atoms with Crippen molar-refractivity contribution in [3.05, 3.63) is 35.9 Å². The van der Waals surface area contributed by atoms with Crippen LogP contribution in [0.1, 0.15) is 25.8 Å². The van der Waals surface area contributed by atoms with Crippen LogP contribution in [0.5, 0.6) is 0 Å². The zero-order chi connectivity index (χ0) is 25.0. The first-order valence-corrected chi connectivity index (χ1v) is 12.0. The SMILES string of the molecule is CSCCC(NC(=O)C(N)C(C)C)C(=O)NC(CO)C(=O)NC(Cc1ccccc1)C(=O)O. The number of carbonyl (C=O) groups excluding carboxylic acids is 3. The maximum Gasteiger partial charge on any atom is 0.326 e. The number of aliphatic hydroxyl groups is 1. The summed E-state index contributed by atoms with van der Waals surface area (Å²) in [4.78, 5) is 49.3. The summed E-state index contributed by atoms with van der Waals surface area (Å²) in [6.45, 7) is 2.81. The number of carboxylic acids is 1. The molecule has 1 rings (SSSR count). The fourth-order valence-corrected chi connectivity index (χ4v) is 3.34. The van der Waals surface area contributed by atoms with Crippen LogP contribution in [0, 0.1) is 5.92 Å². The summed E-state index contributed by atoms with van der Waals surface area (Å²) in [5, 5.41) is 26.5. The lowest BCUT2D eigenvalue weighted by Gasteiger charge is -2.25. The zero-order valence-electron chi connectivity index (χ0n) is 19.1. The Balaban J connectivity index is 2.85. The third-order valence-corrected chi connectivity index (χ3v) is 5.62. The molecule has 0 fully saturated rings. The Hall–Kier alpha value is -2.63. The van der Waals surface area contributed by atoms with Crippen LogP contribution < -0.4 is 21.7 Å². The first kappa shape index (κ1) is 28.4. The second-order valence-electron chi connectivity index (χ2n) is 7.95. The standard InChI is InChI=1S/C22H34N4O6S/c1-13(2)18(23)21(30)24-15(9-10-33-3)19(28)26-17(12-27)20(29)25-16(22(31)32)11-14-7-5-4-6-8-14/h4-8,13,15-18,27H,9-12,23H2,1-3H3,(H,24,30)(H,25,29)(H,26,28)(H,31,32). The predicted octanol–water partition coefficient (Wildman–Crippen LogP) is -0.503. The van der Waals surface area contributed by atoms with E-state index >= 15 is 0 Å². The van der Waals surface area contributed by atoms with Crippen molar-refractivity contribution in [3.63, 3.8) is 0 Å². The van der Waals surface area contributed by atoms with Crippen molar-refractivity contribution in [2.75, 3.05) is 18.6 Å². The van der Waals surface area contributed by atoms with E-state index in [9.17, 15) is 29.4 Å². The van der Waals surface area contributed by atoms with Gasteiger partial charge in [0.15, 0.2) is 0 Å². The molecule has 1 aromatic carbocycles. The molecule has 0 heterocycles. The Bertz CT molecular complexity index is 792. The van der Waals surface area contributed by atoms with Crippen molar-refractivity contribution < 1.29 is 29.4 Å². The Morgan fingerprint density at radius 2 is 1.48 bits per heavy atom. The molecule has 0 bridgehead atoms. The van der Waals surface area contributed by atoms with Crippen LogP contribution >= 0.6 is 11.8 Å². The molecule has 0 aliphatic carbocycles. The molecule has 4 unspecified atom stereocenters. The first-order chi connectivity index (χ1) is 15.6. The van der Waals surface area contributed by atoms with Crippen molar-refractivity contribution >= 4 is 35.5 Å². The number of hydrogen-bond acceptors (Lipinski definition) is 7. The Morgan fingerprint density at radius 3 is 2.00 bits per heavy atom. The summed E-state index contributed by atoms with van der Waals surface area (Å²) < 4.78 is 0. The van der Waals surface area contributed by atoms with E-state index < -0.39 is 54.5 Å². The van der Waals surface area contributed by atoms with Gasteiger partial charge in [-0.25, -0.2) is 4.79 Å². The highest BCUT2D eigenvalue weighted by Gasteiger charge is 2.30. The smallest absolute Gasteiger partial charge is 0.326 e. The third-order valence-electron chi connectivity index (χ3n) is 4.98. The lowest BCUT2D eigenvalue weighted by atomic mass is 10.0. The zero-order valence-corrected chi connectivity index (χ0v) is 19.9. The number of rotatable bonds is 14. The van der Waals surface area contributed by atoms with Gasteiger partial charge < -0.3 is 31.9 Å². The molecule has 4 atom stereocenters. The highest BCUT2D eigenvalue weighted by atomic mass is 32.2. The number of nitrogens with one attached hydrogen (secondary N) is 3. The van der Waals surface area contributed by atoms with Gasteiger partial charge >= 0.3 is 5.97 Å². The maximum absolute atomic E-state index is 12.8. The van der Waals surface area contributed by atoms with Gasteiger partial charge in [-0.3, -0.25) is 14.4 Å². The number of aliphatic carboxylic acids is 1. The van der Waals surface area contributed by atoms with E-state index in [-0.39, 0.29) is 18.8 Å². The van der Waals surface area contributed by atoms with Gasteiger partial charge in [-0.15, -0.1) is 0 Å². The number of carbonyl (C=O) groups is 4. The molecule has 0 aliphatic heterocycles. The molecule has 10 nitrogen and oxygen atoms in total. The molecule has 0 saturated carbocycles. The van der Waals surface area contributed by atoms with Crippen LogP contribution in [0.25, 0.3) is 0 Å². The first-order valence-electron chi connectivity index (χ1n) is 10.6. The van der Waals surface area contributed by atoms with Gasteiger partial charge in [0.25, 0.3) is 0 Å². The topological polar surface area (TPSA) is 171 Å². The molecular formula is C22H34N4O6S. The maximum atomic E-state index is 12.8. The highest BCUT2D eigenvalue weighted by molar-refractivity contribution is 7.98. The number of hydrogen-bond donors (Lipinski definition) is 6. The average Bonchev–Trinajstić information content (AvgIpc) is 2.79. The number of amides is 3. The molecular weight excluding hydrogens is 448 g/mol. The minimum Gasteiger partial charge on any atom is -0.480 e. The molecule has 1 aromatic rings. The molecule has 7 N–H and O–H groups in total. The number of nitrogens with two attached hydrogens (primary N) is 1. The van der Waals surface area contributed by atoms with Gasteiger partial charge in [-0.2, -0.15) is 11.8 Å². The van der Waals surface area contributed by atoms with E-state index in [1.54, 1.807) is 44.2 Å². The van der Waals surface area contributed by atoms with Crippen LogP contribution in [0.3, 0.4) is 0 Å². The van der Waals surface area contributed by atoms with Gasteiger partial charge in [0.05, 0.1) is 12.6 Å². The quantitative estimate of drug-likeness (QED) is 0.206. The molecule has 33 heavy (non-hydrogen) atoms. The molecule has 0 radical (unpaired) electrons. The molecule has 0 saturated heterocycles. The summed E-state index contributed by atoms with van der Waals surface area (Å²) in [6, 6.07) is 4.35. The molecule has 11 heteroatoms. The number of aliphatic hydroxyl groups excluding tert-OH is 1. The summed E-state index contributed by atoms with van der Waals surface area (Å²) in [5.74, 6) is -2.83. The normalized spacial score (nSPS) is 14.6. The molecule has 0 aromatic heterocycles. The molecule has 3 amide bonds.